The van der Waals surface area contributed by atoms with Gasteiger partial charge in [-0.1, -0.05) is 18.2 Å². The molecule has 4 rings (SSSR count). The van der Waals surface area contributed by atoms with Crippen molar-refractivity contribution in [2.75, 3.05) is 75.1 Å². The van der Waals surface area contributed by atoms with Crippen LogP contribution in [0, 0.1) is 0 Å². The molecule has 2 saturated heterocycles. The zero-order chi connectivity index (χ0) is 20.1. The minimum absolute atomic E-state index is 0.649. The summed E-state index contributed by atoms with van der Waals surface area (Å²) in [4.78, 5) is 14.0. The number of piperazine rings is 1. The smallest absolute Gasteiger partial charge is 0.158 e. The molecule has 0 aliphatic carbocycles. The van der Waals surface area contributed by atoms with Gasteiger partial charge in [0.1, 0.15) is 11.4 Å². The first-order valence-corrected chi connectivity index (χ1v) is 10.0. The van der Waals surface area contributed by atoms with Gasteiger partial charge in [0, 0.05) is 39.3 Å². The number of methoxy groups -OCH3 is 1. The van der Waals surface area contributed by atoms with E-state index in [2.05, 4.69) is 15.1 Å². The van der Waals surface area contributed by atoms with E-state index in [1.807, 2.05) is 36.4 Å². The molecule has 3 heterocycles. The Balaban J connectivity index is 1.66. The maximum atomic E-state index is 6.55. The topological polar surface area (TPSA) is 88.8 Å². The number of anilines is 3. The summed E-state index contributed by atoms with van der Waals surface area (Å²) in [5.74, 6) is 3.11. The number of nitrogens with one attached hydrogen (secondary N) is 1. The van der Waals surface area contributed by atoms with Crippen LogP contribution in [0.4, 0.5) is 17.3 Å². The lowest BCUT2D eigenvalue weighted by molar-refractivity contribution is 0.122. The Hall–Kier alpha value is -2.84. The van der Waals surface area contributed by atoms with Crippen LogP contribution in [0.25, 0.3) is 12.2 Å². The molecule has 29 heavy (non-hydrogen) atoms. The van der Waals surface area contributed by atoms with Gasteiger partial charge >= 0.3 is 0 Å². The lowest BCUT2D eigenvalue weighted by Crippen LogP contribution is -2.44. The molecule has 2 aromatic rings. The molecule has 0 bridgehead atoms. The lowest BCUT2D eigenvalue weighted by atomic mass is 10.2. The quantitative estimate of drug-likeness (QED) is 0.786. The van der Waals surface area contributed by atoms with Crippen molar-refractivity contribution in [3.63, 3.8) is 0 Å². The van der Waals surface area contributed by atoms with Gasteiger partial charge in [-0.25, -0.2) is 9.97 Å². The summed E-state index contributed by atoms with van der Waals surface area (Å²) < 4.78 is 10.7. The van der Waals surface area contributed by atoms with Gasteiger partial charge in [0.05, 0.1) is 20.3 Å². The summed E-state index contributed by atoms with van der Waals surface area (Å²) >= 11 is 0. The highest BCUT2D eigenvalue weighted by atomic mass is 16.5. The average Bonchev–Trinajstić information content (AvgIpc) is 2.80. The maximum Gasteiger partial charge on any atom is 0.158 e. The second kappa shape index (κ2) is 9.11. The Bertz CT molecular complexity index is 804. The van der Waals surface area contributed by atoms with Crippen LogP contribution in [0.1, 0.15) is 11.4 Å². The average molecular weight is 396 g/mol. The summed E-state index contributed by atoms with van der Waals surface area (Å²) in [6.45, 7) is 6.54. The fourth-order valence-corrected chi connectivity index (χ4v) is 3.56. The molecule has 2 fully saturated rings. The standard InChI is InChI=1S/C21H28N6O2/c1-28-17-5-2-16(3-6-17)4-7-18-24-20(26-10-8-23-9-11-26)19(22)21(25-18)27-12-14-29-15-13-27/h2-7,23H,8-15,22H2,1H3. The predicted molar refractivity (Wildman–Crippen MR) is 116 cm³/mol. The predicted octanol–water partition coefficient (Wildman–Crippen LogP) is 1.48. The second-order valence-corrected chi connectivity index (χ2v) is 7.09. The Kier molecular flexibility index (Phi) is 6.12. The monoisotopic (exact) mass is 396 g/mol. The van der Waals surface area contributed by atoms with Gasteiger partial charge in [-0.15, -0.1) is 0 Å². The van der Waals surface area contributed by atoms with Crippen LogP contribution in [-0.2, 0) is 4.74 Å². The third-order valence-electron chi connectivity index (χ3n) is 5.19. The number of hydrogen-bond donors (Lipinski definition) is 2. The van der Waals surface area contributed by atoms with Crippen molar-refractivity contribution in [3.05, 3.63) is 35.7 Å². The van der Waals surface area contributed by atoms with Crippen LogP contribution in [0.5, 0.6) is 5.75 Å². The van der Waals surface area contributed by atoms with Gasteiger partial charge in [0.2, 0.25) is 0 Å². The first-order valence-electron chi connectivity index (χ1n) is 10.0. The van der Waals surface area contributed by atoms with Crippen molar-refractivity contribution in [2.45, 2.75) is 0 Å². The lowest BCUT2D eigenvalue weighted by Gasteiger charge is -2.33. The molecule has 0 unspecified atom stereocenters. The third kappa shape index (κ3) is 4.60. The molecule has 0 radical (unpaired) electrons. The van der Waals surface area contributed by atoms with E-state index in [4.69, 9.17) is 25.2 Å². The van der Waals surface area contributed by atoms with Crippen molar-refractivity contribution < 1.29 is 9.47 Å². The van der Waals surface area contributed by atoms with Crippen molar-refractivity contribution in [2.24, 2.45) is 0 Å². The van der Waals surface area contributed by atoms with E-state index >= 15 is 0 Å². The molecule has 2 aliphatic rings. The van der Waals surface area contributed by atoms with Gasteiger partial charge in [0.25, 0.3) is 0 Å². The zero-order valence-electron chi connectivity index (χ0n) is 16.8. The summed E-state index contributed by atoms with van der Waals surface area (Å²) in [6, 6.07) is 7.89. The van der Waals surface area contributed by atoms with E-state index in [1.54, 1.807) is 7.11 Å². The molecule has 8 nitrogen and oxygen atoms in total. The highest BCUT2D eigenvalue weighted by Gasteiger charge is 2.23. The van der Waals surface area contributed by atoms with Crippen molar-refractivity contribution >= 4 is 29.5 Å². The number of benzene rings is 1. The SMILES string of the molecule is COc1ccc(C=Cc2nc(N3CCNCC3)c(N)c(N3CCOCC3)n2)cc1. The van der Waals surface area contributed by atoms with Gasteiger partial charge < -0.3 is 30.3 Å². The molecule has 8 heteroatoms. The number of aromatic nitrogens is 2. The molecular formula is C21H28N6O2. The van der Waals surface area contributed by atoms with Crippen LogP contribution in [0.15, 0.2) is 24.3 Å². The highest BCUT2D eigenvalue weighted by Crippen LogP contribution is 2.31. The normalized spacial score (nSPS) is 17.7. The first-order chi connectivity index (χ1) is 14.2. The van der Waals surface area contributed by atoms with E-state index in [0.29, 0.717) is 24.7 Å². The van der Waals surface area contributed by atoms with Crippen molar-refractivity contribution in [1.29, 1.82) is 0 Å². The molecule has 0 saturated carbocycles. The Morgan fingerprint density at radius 3 is 2.21 bits per heavy atom. The summed E-state index contributed by atoms with van der Waals surface area (Å²) in [7, 11) is 1.66. The number of rotatable bonds is 5. The summed E-state index contributed by atoms with van der Waals surface area (Å²) in [6.07, 6.45) is 3.95. The molecule has 2 aliphatic heterocycles. The molecule has 0 spiro atoms. The number of nitrogen functional groups attached to an aromatic ring is 1. The van der Waals surface area contributed by atoms with Gasteiger partial charge in [0.15, 0.2) is 17.5 Å². The van der Waals surface area contributed by atoms with Crippen LogP contribution in [0.2, 0.25) is 0 Å². The largest absolute Gasteiger partial charge is 0.497 e. The highest BCUT2D eigenvalue weighted by molar-refractivity contribution is 5.79. The van der Waals surface area contributed by atoms with Crippen molar-refractivity contribution in [3.8, 4) is 5.75 Å². The minimum Gasteiger partial charge on any atom is -0.497 e. The van der Waals surface area contributed by atoms with Crippen LogP contribution in [-0.4, -0.2) is 69.6 Å². The van der Waals surface area contributed by atoms with Crippen LogP contribution >= 0.6 is 0 Å². The number of hydrogen-bond acceptors (Lipinski definition) is 8. The van der Waals surface area contributed by atoms with Crippen molar-refractivity contribution in [1.82, 2.24) is 15.3 Å². The van der Waals surface area contributed by atoms with E-state index in [1.165, 1.54) is 0 Å². The van der Waals surface area contributed by atoms with Gasteiger partial charge in [-0.05, 0) is 23.8 Å². The van der Waals surface area contributed by atoms with E-state index in [0.717, 1.165) is 62.2 Å². The second-order valence-electron chi connectivity index (χ2n) is 7.09. The number of morpholine rings is 1. The molecule has 1 aromatic carbocycles. The Morgan fingerprint density at radius 2 is 1.59 bits per heavy atom. The molecule has 3 N–H and O–H groups in total. The molecule has 0 atom stereocenters. The van der Waals surface area contributed by atoms with Gasteiger partial charge in [-0.3, -0.25) is 0 Å². The molecule has 0 amide bonds. The maximum absolute atomic E-state index is 6.55. The Labute approximate surface area is 171 Å². The number of nitrogens with two attached hydrogens (primary N) is 1. The fraction of sp³-hybridized carbons (Fsp3) is 0.429. The minimum atomic E-state index is 0.649. The van der Waals surface area contributed by atoms with E-state index in [9.17, 15) is 0 Å². The molecule has 1 aromatic heterocycles. The van der Waals surface area contributed by atoms with Crippen LogP contribution in [0.3, 0.4) is 0 Å². The Morgan fingerprint density at radius 1 is 0.966 bits per heavy atom. The summed E-state index contributed by atoms with van der Waals surface area (Å²) in [5.41, 5.74) is 8.25. The zero-order valence-corrected chi connectivity index (χ0v) is 16.8. The summed E-state index contributed by atoms with van der Waals surface area (Å²) in [5, 5.41) is 3.38. The third-order valence-corrected chi connectivity index (χ3v) is 5.19. The van der Waals surface area contributed by atoms with E-state index in [-0.39, 0.29) is 0 Å². The molecular weight excluding hydrogens is 368 g/mol. The van der Waals surface area contributed by atoms with Crippen LogP contribution < -0.4 is 25.6 Å². The number of ether oxygens (including phenoxy) is 2. The van der Waals surface area contributed by atoms with Gasteiger partial charge in [-0.2, -0.15) is 0 Å². The molecule has 154 valence electrons. The number of nitrogens with zero attached hydrogens (tertiary/aromatic N) is 4. The fourth-order valence-electron chi connectivity index (χ4n) is 3.56. The first kappa shape index (κ1) is 19.5. The van der Waals surface area contributed by atoms with E-state index < -0.39 is 0 Å².